The van der Waals surface area contributed by atoms with Gasteiger partial charge in [-0.3, -0.25) is 4.98 Å². The molecular weight excluding hydrogens is 252 g/mol. The predicted octanol–water partition coefficient (Wildman–Crippen LogP) is 4.22. The van der Waals surface area contributed by atoms with E-state index in [9.17, 15) is 0 Å². The standard InChI is InChI=1S/C16H20N2S/c1-3-4-9-18(2)16-12-7-5-6-8-14(12)17-15-11-19-10-13(15)16/h5-8H,3-4,9-11H2,1-2H3. The van der Waals surface area contributed by atoms with E-state index >= 15 is 0 Å². The Kier molecular flexibility index (Phi) is 3.65. The van der Waals surface area contributed by atoms with Crippen LogP contribution in [0, 0.1) is 0 Å². The highest BCUT2D eigenvalue weighted by atomic mass is 32.2. The van der Waals surface area contributed by atoms with Gasteiger partial charge in [-0.15, -0.1) is 0 Å². The summed E-state index contributed by atoms with van der Waals surface area (Å²) in [7, 11) is 2.22. The Labute approximate surface area is 119 Å². The molecule has 0 atom stereocenters. The van der Waals surface area contributed by atoms with Crippen molar-refractivity contribution in [2.24, 2.45) is 0 Å². The van der Waals surface area contributed by atoms with Crippen LogP contribution in [0.1, 0.15) is 31.0 Å². The van der Waals surface area contributed by atoms with E-state index < -0.39 is 0 Å². The Hall–Kier alpha value is -1.22. The van der Waals surface area contributed by atoms with Gasteiger partial charge in [-0.2, -0.15) is 11.8 Å². The van der Waals surface area contributed by atoms with Gasteiger partial charge in [-0.05, 0) is 12.5 Å². The van der Waals surface area contributed by atoms with Crippen molar-refractivity contribution in [1.29, 1.82) is 0 Å². The second-order valence-corrected chi connectivity index (χ2v) is 6.16. The molecule has 0 saturated carbocycles. The number of anilines is 1. The lowest BCUT2D eigenvalue weighted by atomic mass is 10.1. The summed E-state index contributed by atoms with van der Waals surface area (Å²) in [4.78, 5) is 7.26. The van der Waals surface area contributed by atoms with Crippen molar-refractivity contribution in [2.45, 2.75) is 31.3 Å². The summed E-state index contributed by atoms with van der Waals surface area (Å²) in [6, 6.07) is 8.55. The van der Waals surface area contributed by atoms with Crippen molar-refractivity contribution >= 4 is 28.4 Å². The van der Waals surface area contributed by atoms with Crippen LogP contribution in [-0.4, -0.2) is 18.6 Å². The van der Waals surface area contributed by atoms with Crippen LogP contribution in [0.15, 0.2) is 24.3 Å². The highest BCUT2D eigenvalue weighted by Crippen LogP contribution is 2.39. The lowest BCUT2D eigenvalue weighted by Crippen LogP contribution is -2.20. The third-order valence-corrected chi connectivity index (χ3v) is 4.73. The fraction of sp³-hybridized carbons (Fsp3) is 0.438. The zero-order valence-electron chi connectivity index (χ0n) is 11.6. The molecule has 2 nitrogen and oxygen atoms in total. The second-order valence-electron chi connectivity index (χ2n) is 5.17. The first kappa shape index (κ1) is 12.8. The summed E-state index contributed by atoms with van der Waals surface area (Å²) < 4.78 is 0. The molecule has 1 aromatic heterocycles. The normalized spacial score (nSPS) is 13.8. The van der Waals surface area contributed by atoms with Crippen LogP contribution in [-0.2, 0) is 11.5 Å². The molecule has 2 heterocycles. The number of thioether (sulfide) groups is 1. The molecule has 1 aliphatic rings. The monoisotopic (exact) mass is 272 g/mol. The quantitative estimate of drug-likeness (QED) is 0.829. The van der Waals surface area contributed by atoms with Crippen LogP contribution < -0.4 is 4.90 Å². The minimum absolute atomic E-state index is 1.06. The first-order chi connectivity index (χ1) is 9.31. The molecule has 19 heavy (non-hydrogen) atoms. The molecule has 0 N–H and O–H groups in total. The maximum absolute atomic E-state index is 4.83. The van der Waals surface area contributed by atoms with Crippen molar-refractivity contribution in [3.05, 3.63) is 35.5 Å². The lowest BCUT2D eigenvalue weighted by Gasteiger charge is -2.23. The number of pyridine rings is 1. The van der Waals surface area contributed by atoms with Gasteiger partial charge in [0.05, 0.1) is 16.9 Å². The first-order valence-corrected chi connectivity index (χ1v) is 8.16. The fourth-order valence-corrected chi connectivity index (χ4v) is 3.79. The molecule has 0 spiro atoms. The smallest absolute Gasteiger partial charge is 0.0726 e. The van der Waals surface area contributed by atoms with E-state index in [0.29, 0.717) is 0 Å². The number of fused-ring (bicyclic) bond motifs is 2. The minimum Gasteiger partial charge on any atom is -0.374 e. The van der Waals surface area contributed by atoms with Gasteiger partial charge in [0, 0.05) is 36.0 Å². The van der Waals surface area contributed by atoms with E-state index in [0.717, 1.165) is 23.6 Å². The number of hydrogen-bond acceptors (Lipinski definition) is 3. The highest BCUT2D eigenvalue weighted by molar-refractivity contribution is 7.98. The van der Waals surface area contributed by atoms with Crippen LogP contribution in [0.5, 0.6) is 0 Å². The van der Waals surface area contributed by atoms with Gasteiger partial charge in [0.2, 0.25) is 0 Å². The summed E-state index contributed by atoms with van der Waals surface area (Å²) in [6.07, 6.45) is 2.49. The number of rotatable bonds is 4. The number of aromatic nitrogens is 1. The third-order valence-electron chi connectivity index (χ3n) is 3.76. The first-order valence-electron chi connectivity index (χ1n) is 7.00. The SMILES string of the molecule is CCCCN(C)c1c2c(nc3ccccc13)CSC2. The van der Waals surface area contributed by atoms with E-state index in [4.69, 9.17) is 4.98 Å². The number of para-hydroxylation sites is 1. The highest BCUT2D eigenvalue weighted by Gasteiger charge is 2.21. The molecule has 0 amide bonds. The Bertz CT molecular complexity index is 595. The Morgan fingerprint density at radius 3 is 2.95 bits per heavy atom. The van der Waals surface area contributed by atoms with Gasteiger partial charge in [0.1, 0.15) is 0 Å². The molecule has 2 aromatic rings. The average Bonchev–Trinajstić information content (AvgIpc) is 2.89. The molecule has 100 valence electrons. The molecule has 1 aliphatic heterocycles. The Balaban J connectivity index is 2.14. The predicted molar refractivity (Wildman–Crippen MR) is 84.9 cm³/mol. The van der Waals surface area contributed by atoms with Gasteiger partial charge in [-0.1, -0.05) is 31.5 Å². The van der Waals surface area contributed by atoms with Crippen LogP contribution >= 0.6 is 11.8 Å². The van der Waals surface area contributed by atoms with Crippen molar-refractivity contribution in [3.8, 4) is 0 Å². The number of unbranched alkanes of at least 4 members (excludes halogenated alkanes) is 1. The maximum atomic E-state index is 4.83. The van der Waals surface area contributed by atoms with Gasteiger partial charge in [-0.25, -0.2) is 0 Å². The van der Waals surface area contributed by atoms with E-state index in [1.165, 1.54) is 35.2 Å². The number of nitrogens with zero attached hydrogens (tertiary/aromatic N) is 2. The maximum Gasteiger partial charge on any atom is 0.0726 e. The molecule has 1 aromatic carbocycles. The van der Waals surface area contributed by atoms with Crippen LogP contribution in [0.4, 0.5) is 5.69 Å². The zero-order valence-corrected chi connectivity index (χ0v) is 12.5. The molecule has 3 heteroatoms. The Morgan fingerprint density at radius 1 is 1.26 bits per heavy atom. The fourth-order valence-electron chi connectivity index (χ4n) is 2.75. The van der Waals surface area contributed by atoms with E-state index in [2.05, 4.69) is 43.1 Å². The lowest BCUT2D eigenvalue weighted by molar-refractivity contribution is 0.766. The summed E-state index contributed by atoms with van der Waals surface area (Å²) >= 11 is 1.98. The second kappa shape index (κ2) is 5.41. The third kappa shape index (κ3) is 2.32. The molecule has 0 unspecified atom stereocenters. The van der Waals surface area contributed by atoms with E-state index in [1.807, 2.05) is 11.8 Å². The summed E-state index contributed by atoms with van der Waals surface area (Å²) in [5.41, 5.74) is 5.31. The molecule has 3 rings (SSSR count). The van der Waals surface area contributed by atoms with Crippen molar-refractivity contribution in [1.82, 2.24) is 4.98 Å². The summed E-state index contributed by atoms with van der Waals surface area (Å²) in [6.45, 7) is 3.38. The molecule has 0 radical (unpaired) electrons. The van der Waals surface area contributed by atoms with Crippen molar-refractivity contribution in [2.75, 3.05) is 18.5 Å². The van der Waals surface area contributed by atoms with Gasteiger partial charge < -0.3 is 4.90 Å². The number of benzene rings is 1. The minimum atomic E-state index is 1.06. The average molecular weight is 272 g/mol. The molecule has 0 aliphatic carbocycles. The molecule has 0 fully saturated rings. The van der Waals surface area contributed by atoms with Gasteiger partial charge in [0.15, 0.2) is 0 Å². The van der Waals surface area contributed by atoms with E-state index in [1.54, 1.807) is 0 Å². The summed E-state index contributed by atoms with van der Waals surface area (Å²) in [5, 5.41) is 1.31. The largest absolute Gasteiger partial charge is 0.374 e. The number of hydrogen-bond donors (Lipinski definition) is 0. The Morgan fingerprint density at radius 2 is 2.11 bits per heavy atom. The topological polar surface area (TPSA) is 16.1 Å². The van der Waals surface area contributed by atoms with E-state index in [-0.39, 0.29) is 0 Å². The molecule has 0 saturated heterocycles. The molecule has 0 bridgehead atoms. The van der Waals surface area contributed by atoms with Gasteiger partial charge >= 0.3 is 0 Å². The van der Waals surface area contributed by atoms with Gasteiger partial charge in [0.25, 0.3) is 0 Å². The zero-order chi connectivity index (χ0) is 13.2. The van der Waals surface area contributed by atoms with Crippen LogP contribution in [0.25, 0.3) is 10.9 Å². The molecular formula is C16H20N2S. The van der Waals surface area contributed by atoms with Crippen LogP contribution in [0.3, 0.4) is 0 Å². The van der Waals surface area contributed by atoms with Crippen molar-refractivity contribution < 1.29 is 0 Å². The van der Waals surface area contributed by atoms with Crippen LogP contribution in [0.2, 0.25) is 0 Å². The van der Waals surface area contributed by atoms with Crippen molar-refractivity contribution in [3.63, 3.8) is 0 Å². The summed E-state index contributed by atoms with van der Waals surface area (Å²) in [5.74, 6) is 2.17.